The lowest BCUT2D eigenvalue weighted by molar-refractivity contribution is -0.137. The number of aromatic nitrogens is 2. The van der Waals surface area contributed by atoms with E-state index >= 15 is 0 Å². The first-order chi connectivity index (χ1) is 14.9. The van der Waals surface area contributed by atoms with Crippen molar-refractivity contribution in [3.63, 3.8) is 0 Å². The molecule has 12 heteroatoms. The van der Waals surface area contributed by atoms with E-state index in [2.05, 4.69) is 25.1 Å². The van der Waals surface area contributed by atoms with Gasteiger partial charge in [0.15, 0.2) is 5.82 Å². The van der Waals surface area contributed by atoms with E-state index in [-0.39, 0.29) is 23.0 Å². The third-order valence-electron chi connectivity index (χ3n) is 5.33. The van der Waals surface area contributed by atoms with Crippen LogP contribution in [-0.4, -0.2) is 66.7 Å². The van der Waals surface area contributed by atoms with Crippen LogP contribution < -0.4 is 10.0 Å². The van der Waals surface area contributed by atoms with Gasteiger partial charge in [0.05, 0.1) is 35.3 Å². The van der Waals surface area contributed by atoms with Gasteiger partial charge < -0.3 is 15.3 Å². The maximum atomic E-state index is 13.1. The molecule has 0 amide bonds. The molecule has 1 fully saturated rings. The number of likely N-dealkylation sites (tertiary alicyclic amines) is 1. The number of sulfonamides is 1. The highest BCUT2D eigenvalue weighted by Gasteiger charge is 2.32. The van der Waals surface area contributed by atoms with Gasteiger partial charge in [0.25, 0.3) is 0 Å². The molecule has 3 rings (SSSR count). The number of aliphatic hydroxyl groups excluding tert-OH is 1. The molecule has 0 bridgehead atoms. The van der Waals surface area contributed by atoms with Crippen LogP contribution >= 0.6 is 0 Å². The summed E-state index contributed by atoms with van der Waals surface area (Å²) in [6.45, 7) is 6.10. The van der Waals surface area contributed by atoms with Gasteiger partial charge in [-0.05, 0) is 43.7 Å². The Kier molecular flexibility index (Phi) is 6.96. The summed E-state index contributed by atoms with van der Waals surface area (Å²) in [6, 6.07) is 4.13. The maximum absolute atomic E-state index is 13.1. The molecular formula is C20H26F3N5O3S. The highest BCUT2D eigenvalue weighted by molar-refractivity contribution is 7.92. The zero-order valence-corrected chi connectivity index (χ0v) is 18.8. The Labute approximate surface area is 184 Å². The van der Waals surface area contributed by atoms with E-state index in [9.17, 15) is 26.7 Å². The summed E-state index contributed by atoms with van der Waals surface area (Å²) in [6.07, 6.45) is -3.69. The number of alkyl halides is 3. The maximum Gasteiger partial charge on any atom is 0.416 e. The lowest BCUT2D eigenvalue weighted by Gasteiger charge is -2.36. The molecule has 0 unspecified atom stereocenters. The van der Waals surface area contributed by atoms with Crippen molar-refractivity contribution in [3.05, 3.63) is 35.4 Å². The second-order valence-electron chi connectivity index (χ2n) is 7.89. The van der Waals surface area contributed by atoms with E-state index in [0.29, 0.717) is 24.3 Å². The van der Waals surface area contributed by atoms with E-state index in [1.807, 2.05) is 6.92 Å². The van der Waals surface area contributed by atoms with E-state index in [4.69, 9.17) is 0 Å². The van der Waals surface area contributed by atoms with Crippen LogP contribution in [0.2, 0.25) is 0 Å². The number of nitrogens with zero attached hydrogens (tertiary/aromatic N) is 3. The molecule has 0 spiro atoms. The minimum Gasteiger partial charge on any atom is -0.391 e. The molecule has 32 heavy (non-hydrogen) atoms. The van der Waals surface area contributed by atoms with Crippen molar-refractivity contribution < 1.29 is 26.7 Å². The van der Waals surface area contributed by atoms with Gasteiger partial charge in [-0.2, -0.15) is 13.2 Å². The molecule has 2 aromatic rings. The van der Waals surface area contributed by atoms with Crippen molar-refractivity contribution in [2.24, 2.45) is 0 Å². The summed E-state index contributed by atoms with van der Waals surface area (Å²) < 4.78 is 64.9. The summed E-state index contributed by atoms with van der Waals surface area (Å²) in [7, 11) is -3.83. The standard InChI is InChI=1S/C20H26F3N5O3S/c1-4-28-8-7-18(29)17(11-28)24-19-12(2)9-15(25-26-19)14-6-5-13(20(21,22)23)10-16(14)27-32(3,30)31/h5-6,9-10,17-18,27,29H,4,7-8,11H2,1-3H3,(H,24,26)/t17-,18+/m0/s1. The molecule has 1 aliphatic heterocycles. The van der Waals surface area contributed by atoms with Crippen LogP contribution in [0.4, 0.5) is 24.7 Å². The van der Waals surface area contributed by atoms with Crippen molar-refractivity contribution in [1.82, 2.24) is 15.1 Å². The fourth-order valence-corrected chi connectivity index (χ4v) is 4.17. The van der Waals surface area contributed by atoms with Crippen LogP contribution in [-0.2, 0) is 16.2 Å². The second-order valence-corrected chi connectivity index (χ2v) is 9.64. The van der Waals surface area contributed by atoms with Gasteiger partial charge in [-0.1, -0.05) is 13.0 Å². The Hall–Kier alpha value is -2.44. The zero-order valence-electron chi connectivity index (χ0n) is 17.9. The molecule has 2 heterocycles. The van der Waals surface area contributed by atoms with Gasteiger partial charge in [0, 0.05) is 18.7 Å². The van der Waals surface area contributed by atoms with E-state index in [1.165, 1.54) is 0 Å². The zero-order chi connectivity index (χ0) is 23.7. The monoisotopic (exact) mass is 473 g/mol. The molecule has 176 valence electrons. The van der Waals surface area contributed by atoms with Gasteiger partial charge in [-0.25, -0.2) is 8.42 Å². The summed E-state index contributed by atoms with van der Waals surface area (Å²) in [4.78, 5) is 2.20. The number of likely N-dealkylation sites (N-methyl/N-ethyl adjacent to an activating group) is 1. The lowest BCUT2D eigenvalue weighted by atomic mass is 10.0. The fraction of sp³-hybridized carbons (Fsp3) is 0.500. The Morgan fingerprint density at radius 2 is 1.97 bits per heavy atom. The summed E-state index contributed by atoms with van der Waals surface area (Å²) >= 11 is 0. The first-order valence-corrected chi connectivity index (χ1v) is 12.0. The average Bonchev–Trinajstić information content (AvgIpc) is 2.69. The van der Waals surface area contributed by atoms with Crippen LogP contribution in [0.15, 0.2) is 24.3 Å². The van der Waals surface area contributed by atoms with Gasteiger partial charge in [-0.3, -0.25) is 4.72 Å². The van der Waals surface area contributed by atoms with Gasteiger partial charge in [0.2, 0.25) is 10.0 Å². The predicted octanol–water partition coefficient (Wildman–Crippen LogP) is 2.71. The molecule has 2 atom stereocenters. The Morgan fingerprint density at radius 3 is 2.56 bits per heavy atom. The number of aliphatic hydroxyl groups is 1. The average molecular weight is 474 g/mol. The number of hydrogen-bond donors (Lipinski definition) is 3. The number of benzene rings is 1. The minimum absolute atomic E-state index is 0.167. The Balaban J connectivity index is 1.92. The van der Waals surface area contributed by atoms with Crippen molar-refractivity contribution in [2.45, 2.75) is 38.6 Å². The first kappa shape index (κ1) is 24.2. The van der Waals surface area contributed by atoms with Crippen LogP contribution in [0.1, 0.15) is 24.5 Å². The molecule has 1 aromatic carbocycles. The molecule has 1 aromatic heterocycles. The highest BCUT2D eigenvalue weighted by atomic mass is 32.2. The predicted molar refractivity (Wildman–Crippen MR) is 116 cm³/mol. The second kappa shape index (κ2) is 9.20. The molecular weight excluding hydrogens is 447 g/mol. The first-order valence-electron chi connectivity index (χ1n) is 10.1. The number of rotatable bonds is 6. The minimum atomic E-state index is -4.63. The molecule has 0 aliphatic carbocycles. The number of aryl methyl sites for hydroxylation is 1. The number of piperidine rings is 1. The molecule has 1 aliphatic rings. The summed E-state index contributed by atoms with van der Waals surface area (Å²) in [5.74, 6) is 0.445. The van der Waals surface area contributed by atoms with E-state index in [1.54, 1.807) is 13.0 Å². The molecule has 3 N–H and O–H groups in total. The quantitative estimate of drug-likeness (QED) is 0.592. The molecule has 0 saturated carbocycles. The third kappa shape index (κ3) is 5.87. The lowest BCUT2D eigenvalue weighted by Crippen LogP contribution is -2.50. The van der Waals surface area contributed by atoms with Crippen LogP contribution in [0.3, 0.4) is 0 Å². The van der Waals surface area contributed by atoms with Crippen molar-refractivity contribution >= 4 is 21.5 Å². The topological polar surface area (TPSA) is 107 Å². The molecule has 8 nitrogen and oxygen atoms in total. The van der Waals surface area contributed by atoms with Crippen LogP contribution in [0, 0.1) is 6.92 Å². The van der Waals surface area contributed by atoms with E-state index < -0.39 is 27.9 Å². The number of nitrogens with one attached hydrogen (secondary N) is 2. The van der Waals surface area contributed by atoms with Crippen molar-refractivity contribution in [1.29, 1.82) is 0 Å². The number of anilines is 2. The summed E-state index contributed by atoms with van der Waals surface area (Å²) in [5.41, 5.74) is -0.186. The Morgan fingerprint density at radius 1 is 1.25 bits per heavy atom. The molecule has 0 radical (unpaired) electrons. The van der Waals surface area contributed by atoms with Gasteiger partial charge in [-0.15, -0.1) is 10.2 Å². The molecule has 1 saturated heterocycles. The van der Waals surface area contributed by atoms with Crippen molar-refractivity contribution in [3.8, 4) is 11.3 Å². The van der Waals surface area contributed by atoms with Gasteiger partial charge in [0.1, 0.15) is 0 Å². The summed E-state index contributed by atoms with van der Waals surface area (Å²) in [5, 5.41) is 21.8. The number of halogens is 3. The third-order valence-corrected chi connectivity index (χ3v) is 5.92. The van der Waals surface area contributed by atoms with Crippen LogP contribution in [0.25, 0.3) is 11.3 Å². The van der Waals surface area contributed by atoms with E-state index in [0.717, 1.165) is 37.5 Å². The normalized spacial score (nSPS) is 20.2. The number of hydrogen-bond acceptors (Lipinski definition) is 7. The smallest absolute Gasteiger partial charge is 0.391 e. The Bertz CT molecular complexity index is 1080. The van der Waals surface area contributed by atoms with Crippen molar-refractivity contribution in [2.75, 3.05) is 35.9 Å². The van der Waals surface area contributed by atoms with Crippen LogP contribution in [0.5, 0.6) is 0 Å². The SMILES string of the molecule is CCN1CC[C@@H](O)[C@@H](Nc2nnc(-c3ccc(C(F)(F)F)cc3NS(C)(=O)=O)cc2C)C1. The fourth-order valence-electron chi connectivity index (χ4n) is 3.60. The largest absolute Gasteiger partial charge is 0.416 e. The van der Waals surface area contributed by atoms with Gasteiger partial charge >= 0.3 is 6.18 Å². The highest BCUT2D eigenvalue weighted by Crippen LogP contribution is 2.36.